The lowest BCUT2D eigenvalue weighted by atomic mass is 9.88. The van der Waals surface area contributed by atoms with Gasteiger partial charge in [0.1, 0.15) is 12.0 Å². The van der Waals surface area contributed by atoms with Gasteiger partial charge in [-0.1, -0.05) is 24.3 Å². The minimum atomic E-state index is 0.00569. The molecule has 0 heterocycles. The van der Waals surface area contributed by atoms with Crippen molar-refractivity contribution in [2.75, 3.05) is 7.11 Å². The molecule has 1 atom stereocenters. The Bertz CT molecular complexity index is 609. The van der Waals surface area contributed by atoms with Gasteiger partial charge in [0.05, 0.1) is 18.7 Å². The molecule has 2 aromatic rings. The Balaban J connectivity index is 2.33. The number of ether oxygens (including phenoxy) is 1. The van der Waals surface area contributed by atoms with Crippen LogP contribution in [0.3, 0.4) is 0 Å². The first-order valence-electron chi connectivity index (χ1n) is 6.36. The maximum absolute atomic E-state index is 10.9. The topological polar surface area (TPSA) is 50.1 Å². The van der Waals surface area contributed by atoms with E-state index in [1.165, 1.54) is 0 Å². The fourth-order valence-corrected chi connectivity index (χ4v) is 2.19. The lowest BCUT2D eigenvalue weighted by Gasteiger charge is -2.15. The largest absolute Gasteiger partial charge is 0.497 e. The lowest BCUT2D eigenvalue weighted by molar-refractivity contribution is -0.108. The number of hydrogen-bond donors (Lipinski definition) is 0. The zero-order chi connectivity index (χ0) is 14.4. The van der Waals surface area contributed by atoms with Crippen LogP contribution in [0.4, 0.5) is 0 Å². The molecule has 0 saturated heterocycles. The van der Waals surface area contributed by atoms with Gasteiger partial charge in [-0.25, -0.2) is 0 Å². The molecule has 0 spiro atoms. The minimum Gasteiger partial charge on any atom is -0.497 e. The predicted molar refractivity (Wildman–Crippen MR) is 76.7 cm³/mol. The highest BCUT2D eigenvalue weighted by molar-refractivity contribution is 5.54. The van der Waals surface area contributed by atoms with E-state index in [0.717, 1.165) is 23.2 Å². The van der Waals surface area contributed by atoms with Crippen LogP contribution >= 0.6 is 0 Å². The molecule has 0 radical (unpaired) electrons. The summed E-state index contributed by atoms with van der Waals surface area (Å²) in [5.41, 5.74) is 2.71. The van der Waals surface area contributed by atoms with Crippen molar-refractivity contribution in [1.29, 1.82) is 5.26 Å². The molecule has 0 aliphatic rings. The Morgan fingerprint density at radius 3 is 2.10 bits per heavy atom. The Morgan fingerprint density at radius 1 is 1.10 bits per heavy atom. The van der Waals surface area contributed by atoms with Crippen LogP contribution in [0.5, 0.6) is 5.75 Å². The molecule has 0 unspecified atom stereocenters. The molecular weight excluding hydrogens is 250 g/mol. The van der Waals surface area contributed by atoms with Crippen molar-refractivity contribution in [3.63, 3.8) is 0 Å². The van der Waals surface area contributed by atoms with Gasteiger partial charge in [-0.3, -0.25) is 0 Å². The second-order valence-corrected chi connectivity index (χ2v) is 4.46. The highest BCUT2D eigenvalue weighted by atomic mass is 16.5. The molecule has 0 N–H and O–H groups in total. The second-order valence-electron chi connectivity index (χ2n) is 4.46. The minimum absolute atomic E-state index is 0.00569. The van der Waals surface area contributed by atoms with Crippen molar-refractivity contribution in [1.82, 2.24) is 0 Å². The van der Waals surface area contributed by atoms with E-state index in [2.05, 4.69) is 6.07 Å². The summed E-state index contributed by atoms with van der Waals surface area (Å²) in [7, 11) is 1.62. The maximum Gasteiger partial charge on any atom is 0.120 e. The van der Waals surface area contributed by atoms with E-state index in [9.17, 15) is 4.79 Å². The van der Waals surface area contributed by atoms with Crippen molar-refractivity contribution in [2.24, 2.45) is 0 Å². The van der Waals surface area contributed by atoms with Gasteiger partial charge in [0.15, 0.2) is 0 Å². The van der Waals surface area contributed by atoms with Gasteiger partial charge < -0.3 is 9.53 Å². The lowest BCUT2D eigenvalue weighted by Crippen LogP contribution is -2.02. The molecule has 0 bridgehead atoms. The fraction of sp³-hybridized carbons (Fsp3) is 0.176. The molecule has 100 valence electrons. The van der Waals surface area contributed by atoms with Crippen molar-refractivity contribution in [3.8, 4) is 11.8 Å². The Kier molecular flexibility index (Phi) is 4.52. The smallest absolute Gasteiger partial charge is 0.120 e. The molecule has 20 heavy (non-hydrogen) atoms. The standard InChI is InChI=1S/C17H15NO2/c1-20-16-8-6-15(7-9-16)17(10-11-19)14-4-2-13(12-18)3-5-14/h2-9,11,17H,10H2,1H3/t17-/m0/s1. The average Bonchev–Trinajstić information content (AvgIpc) is 2.53. The number of hydrogen-bond acceptors (Lipinski definition) is 3. The number of nitriles is 1. The summed E-state index contributed by atoms with van der Waals surface area (Å²) < 4.78 is 5.14. The van der Waals surface area contributed by atoms with E-state index >= 15 is 0 Å². The van der Waals surface area contributed by atoms with Crippen LogP contribution in [0.25, 0.3) is 0 Å². The van der Waals surface area contributed by atoms with Gasteiger partial charge in [-0.15, -0.1) is 0 Å². The van der Waals surface area contributed by atoms with E-state index < -0.39 is 0 Å². The van der Waals surface area contributed by atoms with Crippen LogP contribution in [0.1, 0.15) is 29.0 Å². The maximum atomic E-state index is 10.9. The molecule has 2 aromatic carbocycles. The van der Waals surface area contributed by atoms with E-state index in [4.69, 9.17) is 10.00 Å². The van der Waals surface area contributed by atoms with Crippen molar-refractivity contribution in [3.05, 3.63) is 65.2 Å². The monoisotopic (exact) mass is 265 g/mol. The van der Waals surface area contributed by atoms with Gasteiger partial charge in [-0.05, 0) is 35.4 Å². The third-order valence-electron chi connectivity index (χ3n) is 3.29. The number of carbonyl (C=O) groups is 1. The van der Waals surface area contributed by atoms with E-state index in [0.29, 0.717) is 12.0 Å². The zero-order valence-corrected chi connectivity index (χ0v) is 11.2. The van der Waals surface area contributed by atoms with Gasteiger partial charge >= 0.3 is 0 Å². The summed E-state index contributed by atoms with van der Waals surface area (Å²) in [6, 6.07) is 17.1. The van der Waals surface area contributed by atoms with Gasteiger partial charge in [0.25, 0.3) is 0 Å². The number of carbonyl (C=O) groups excluding carboxylic acids is 1. The number of nitrogens with zero attached hydrogens (tertiary/aromatic N) is 1. The summed E-state index contributed by atoms with van der Waals surface area (Å²) in [5, 5.41) is 8.83. The van der Waals surface area contributed by atoms with E-state index in [-0.39, 0.29) is 5.92 Å². The van der Waals surface area contributed by atoms with E-state index in [1.54, 1.807) is 19.2 Å². The Labute approximate surface area is 118 Å². The van der Waals surface area contributed by atoms with Gasteiger partial charge in [-0.2, -0.15) is 5.26 Å². The number of aldehydes is 1. The summed E-state index contributed by atoms with van der Waals surface area (Å²) in [5.74, 6) is 0.796. The first kappa shape index (κ1) is 13.8. The first-order valence-corrected chi connectivity index (χ1v) is 6.36. The third-order valence-corrected chi connectivity index (χ3v) is 3.29. The molecular formula is C17H15NO2. The SMILES string of the molecule is COc1ccc([C@@H](CC=O)c2ccc(C#N)cc2)cc1. The van der Waals surface area contributed by atoms with Crippen LogP contribution in [-0.4, -0.2) is 13.4 Å². The molecule has 3 nitrogen and oxygen atoms in total. The molecule has 0 fully saturated rings. The van der Waals surface area contributed by atoms with Crippen molar-refractivity contribution in [2.45, 2.75) is 12.3 Å². The fourth-order valence-electron chi connectivity index (χ4n) is 2.19. The Morgan fingerprint density at radius 2 is 1.65 bits per heavy atom. The van der Waals surface area contributed by atoms with Crippen LogP contribution in [0, 0.1) is 11.3 Å². The van der Waals surface area contributed by atoms with Gasteiger partial charge in [0.2, 0.25) is 0 Å². The highest BCUT2D eigenvalue weighted by Crippen LogP contribution is 2.28. The van der Waals surface area contributed by atoms with Gasteiger partial charge in [0, 0.05) is 12.3 Å². The zero-order valence-electron chi connectivity index (χ0n) is 11.2. The molecule has 2 rings (SSSR count). The third kappa shape index (κ3) is 3.04. The van der Waals surface area contributed by atoms with Crippen molar-refractivity contribution < 1.29 is 9.53 Å². The summed E-state index contributed by atoms with van der Waals surface area (Å²) >= 11 is 0. The molecule has 0 aromatic heterocycles. The number of rotatable bonds is 5. The molecule has 0 amide bonds. The quantitative estimate of drug-likeness (QED) is 0.779. The predicted octanol–water partition coefficient (Wildman–Crippen LogP) is 3.29. The summed E-state index contributed by atoms with van der Waals surface area (Å²) in [6.45, 7) is 0. The molecule has 3 heteroatoms. The molecule has 0 aliphatic carbocycles. The number of benzene rings is 2. The van der Waals surface area contributed by atoms with Crippen LogP contribution < -0.4 is 4.74 Å². The average molecular weight is 265 g/mol. The Hall–Kier alpha value is -2.60. The normalized spacial score (nSPS) is 11.4. The van der Waals surface area contributed by atoms with Crippen LogP contribution in [0.2, 0.25) is 0 Å². The first-order chi connectivity index (χ1) is 9.78. The molecule has 0 aliphatic heterocycles. The second kappa shape index (κ2) is 6.53. The van der Waals surface area contributed by atoms with E-state index in [1.807, 2.05) is 36.4 Å². The molecule has 0 saturated carbocycles. The van der Waals surface area contributed by atoms with Crippen LogP contribution in [-0.2, 0) is 4.79 Å². The highest BCUT2D eigenvalue weighted by Gasteiger charge is 2.13. The van der Waals surface area contributed by atoms with Crippen LogP contribution in [0.15, 0.2) is 48.5 Å². The summed E-state index contributed by atoms with van der Waals surface area (Å²) in [4.78, 5) is 10.9. The summed E-state index contributed by atoms with van der Waals surface area (Å²) in [6.07, 6.45) is 1.34. The number of methoxy groups -OCH3 is 1. The van der Waals surface area contributed by atoms with Crippen molar-refractivity contribution >= 4 is 6.29 Å².